The predicted octanol–water partition coefficient (Wildman–Crippen LogP) is 3.33. The zero-order valence-electron chi connectivity index (χ0n) is 12.4. The maximum absolute atomic E-state index is 12.6. The highest BCUT2D eigenvalue weighted by molar-refractivity contribution is 5.77. The topological polar surface area (TPSA) is 44.1 Å². The average molecular weight is 282 g/mol. The lowest BCUT2D eigenvalue weighted by Crippen LogP contribution is -2.38. The van der Waals surface area contributed by atoms with Crippen LogP contribution in [0.1, 0.15) is 43.6 Å². The molecule has 1 saturated carbocycles. The zero-order valence-corrected chi connectivity index (χ0v) is 12.4. The fourth-order valence-electron chi connectivity index (χ4n) is 3.33. The molecule has 21 heavy (non-hydrogen) atoms. The van der Waals surface area contributed by atoms with Crippen molar-refractivity contribution in [2.45, 2.75) is 38.0 Å². The Labute approximate surface area is 126 Å². The van der Waals surface area contributed by atoms with Gasteiger partial charge in [0, 0.05) is 25.4 Å². The number of carbonyl (C=O) groups is 1. The van der Waals surface area contributed by atoms with Crippen molar-refractivity contribution in [3.8, 4) is 6.07 Å². The first-order chi connectivity index (χ1) is 10.3. The highest BCUT2D eigenvalue weighted by atomic mass is 16.2. The number of hydrogen-bond acceptors (Lipinski definition) is 2. The van der Waals surface area contributed by atoms with Crippen molar-refractivity contribution in [1.82, 2.24) is 4.90 Å². The largest absolute Gasteiger partial charge is 0.343 e. The Kier molecular flexibility index (Phi) is 4.24. The van der Waals surface area contributed by atoms with E-state index in [2.05, 4.69) is 30.3 Å². The number of hydrogen-bond donors (Lipinski definition) is 0. The van der Waals surface area contributed by atoms with Crippen LogP contribution in [0.25, 0.3) is 0 Å². The molecule has 110 valence electrons. The second-order valence-electron chi connectivity index (χ2n) is 6.34. The lowest BCUT2D eigenvalue weighted by molar-refractivity contribution is -0.132. The molecule has 3 nitrogen and oxygen atoms in total. The van der Waals surface area contributed by atoms with Gasteiger partial charge in [0.15, 0.2) is 0 Å². The molecule has 1 atom stereocenters. The summed E-state index contributed by atoms with van der Waals surface area (Å²) in [6.07, 6.45) is 4.81. The number of rotatable bonds is 4. The second kappa shape index (κ2) is 6.30. The minimum Gasteiger partial charge on any atom is -0.343 e. The molecule has 2 aliphatic rings. The van der Waals surface area contributed by atoms with Crippen LogP contribution in [0, 0.1) is 23.2 Å². The molecule has 0 aromatic heterocycles. The van der Waals surface area contributed by atoms with Crippen molar-refractivity contribution in [1.29, 1.82) is 5.26 Å². The fourth-order valence-corrected chi connectivity index (χ4v) is 3.33. The number of amides is 1. The van der Waals surface area contributed by atoms with Gasteiger partial charge in [-0.15, -0.1) is 0 Å². The monoisotopic (exact) mass is 282 g/mol. The smallest absolute Gasteiger partial charge is 0.223 e. The molecular weight excluding hydrogens is 260 g/mol. The average Bonchev–Trinajstić information content (AvgIpc) is 3.38. The minimum absolute atomic E-state index is 0.141. The minimum atomic E-state index is 0.141. The summed E-state index contributed by atoms with van der Waals surface area (Å²) < 4.78 is 0. The van der Waals surface area contributed by atoms with Crippen molar-refractivity contribution in [3.63, 3.8) is 0 Å². The van der Waals surface area contributed by atoms with Crippen LogP contribution in [0.15, 0.2) is 30.3 Å². The molecule has 0 spiro atoms. The molecule has 1 aliphatic heterocycles. The third-order valence-electron chi connectivity index (χ3n) is 4.84. The van der Waals surface area contributed by atoms with E-state index in [0.29, 0.717) is 18.3 Å². The van der Waals surface area contributed by atoms with Gasteiger partial charge < -0.3 is 4.90 Å². The quantitative estimate of drug-likeness (QED) is 0.850. The van der Waals surface area contributed by atoms with Gasteiger partial charge in [-0.2, -0.15) is 5.26 Å². The van der Waals surface area contributed by atoms with Crippen LogP contribution >= 0.6 is 0 Å². The summed E-state index contributed by atoms with van der Waals surface area (Å²) >= 11 is 0. The van der Waals surface area contributed by atoms with E-state index < -0.39 is 0 Å². The van der Waals surface area contributed by atoms with Crippen LogP contribution in [-0.2, 0) is 4.79 Å². The molecule has 1 saturated heterocycles. The number of likely N-dealkylation sites (tertiary alicyclic amines) is 1. The summed E-state index contributed by atoms with van der Waals surface area (Å²) in [6, 6.07) is 12.8. The van der Waals surface area contributed by atoms with Gasteiger partial charge in [-0.1, -0.05) is 30.3 Å². The molecule has 1 aliphatic carbocycles. The van der Waals surface area contributed by atoms with Crippen molar-refractivity contribution < 1.29 is 4.79 Å². The fraction of sp³-hybridized carbons (Fsp3) is 0.556. The van der Waals surface area contributed by atoms with Crippen LogP contribution in [0.2, 0.25) is 0 Å². The molecular formula is C18H22N2O. The highest BCUT2D eigenvalue weighted by Crippen LogP contribution is 2.44. The maximum Gasteiger partial charge on any atom is 0.223 e. The molecule has 3 rings (SSSR count). The molecule has 1 amide bonds. The van der Waals surface area contributed by atoms with Crippen LogP contribution in [0.5, 0.6) is 0 Å². The second-order valence-corrected chi connectivity index (χ2v) is 6.34. The lowest BCUT2D eigenvalue weighted by atomic mass is 9.90. The Hall–Kier alpha value is -1.82. The summed E-state index contributed by atoms with van der Waals surface area (Å²) in [6.45, 7) is 1.51. The molecule has 0 bridgehead atoms. The summed E-state index contributed by atoms with van der Waals surface area (Å²) in [7, 11) is 0. The summed E-state index contributed by atoms with van der Waals surface area (Å²) in [5, 5.41) is 8.94. The summed E-state index contributed by atoms with van der Waals surface area (Å²) in [5.74, 6) is 1.48. The van der Waals surface area contributed by atoms with Crippen LogP contribution in [0.3, 0.4) is 0 Å². The maximum atomic E-state index is 12.6. The summed E-state index contributed by atoms with van der Waals surface area (Å²) in [5.41, 5.74) is 1.31. The van der Waals surface area contributed by atoms with Crippen molar-refractivity contribution in [2.24, 2.45) is 11.8 Å². The third-order valence-corrected chi connectivity index (χ3v) is 4.84. The van der Waals surface area contributed by atoms with Crippen molar-refractivity contribution in [3.05, 3.63) is 35.9 Å². The zero-order chi connectivity index (χ0) is 14.7. The van der Waals surface area contributed by atoms with Gasteiger partial charge in [-0.25, -0.2) is 0 Å². The van der Waals surface area contributed by atoms with Gasteiger partial charge in [0.2, 0.25) is 5.91 Å². The molecule has 1 aromatic rings. The number of nitriles is 1. The Balaban J connectivity index is 1.61. The van der Waals surface area contributed by atoms with Crippen molar-refractivity contribution in [2.75, 3.05) is 13.1 Å². The molecule has 1 heterocycles. The Bertz CT molecular complexity index is 522. The normalized spacial score (nSPS) is 20.8. The van der Waals surface area contributed by atoms with Crippen LogP contribution in [-0.4, -0.2) is 23.9 Å². The number of nitrogens with zero attached hydrogens (tertiary/aromatic N) is 2. The number of carbonyl (C=O) groups excluding carboxylic acids is 1. The van der Waals surface area contributed by atoms with Gasteiger partial charge in [0.25, 0.3) is 0 Å². The Morgan fingerprint density at radius 2 is 1.86 bits per heavy atom. The van der Waals surface area contributed by atoms with Gasteiger partial charge in [0.05, 0.1) is 6.07 Å². The molecule has 0 radical (unpaired) electrons. The van der Waals surface area contributed by atoms with E-state index in [4.69, 9.17) is 5.26 Å². The molecule has 1 unspecified atom stereocenters. The third kappa shape index (κ3) is 3.44. The van der Waals surface area contributed by atoms with Gasteiger partial charge >= 0.3 is 0 Å². The molecule has 2 fully saturated rings. The van der Waals surface area contributed by atoms with E-state index in [1.54, 1.807) is 0 Å². The summed E-state index contributed by atoms with van der Waals surface area (Å²) in [4.78, 5) is 14.5. The van der Waals surface area contributed by atoms with E-state index in [0.717, 1.165) is 25.9 Å². The first-order valence-corrected chi connectivity index (χ1v) is 8.00. The first kappa shape index (κ1) is 14.1. The number of piperidine rings is 1. The highest BCUT2D eigenvalue weighted by Gasteiger charge is 2.35. The first-order valence-electron chi connectivity index (χ1n) is 8.00. The van der Waals surface area contributed by atoms with E-state index >= 15 is 0 Å². The van der Waals surface area contributed by atoms with Crippen molar-refractivity contribution >= 4 is 5.91 Å². The van der Waals surface area contributed by atoms with Gasteiger partial charge in [0.1, 0.15) is 0 Å². The van der Waals surface area contributed by atoms with Crippen LogP contribution in [0.4, 0.5) is 0 Å². The molecule has 1 aromatic carbocycles. The predicted molar refractivity (Wildman–Crippen MR) is 81.4 cm³/mol. The molecule has 3 heteroatoms. The lowest BCUT2D eigenvalue weighted by Gasteiger charge is -2.30. The van der Waals surface area contributed by atoms with E-state index in [1.165, 1.54) is 18.4 Å². The SMILES string of the molecule is N#CC1CCN(C(=O)CC(c2ccccc2)C2CC2)CC1. The Morgan fingerprint density at radius 3 is 2.43 bits per heavy atom. The van der Waals surface area contributed by atoms with Gasteiger partial charge in [-0.3, -0.25) is 4.79 Å². The molecule has 0 N–H and O–H groups in total. The van der Waals surface area contributed by atoms with Crippen LogP contribution < -0.4 is 0 Å². The van der Waals surface area contributed by atoms with Gasteiger partial charge in [-0.05, 0) is 43.1 Å². The van der Waals surface area contributed by atoms with E-state index in [9.17, 15) is 4.79 Å². The van der Waals surface area contributed by atoms with E-state index in [-0.39, 0.29) is 11.8 Å². The van der Waals surface area contributed by atoms with E-state index in [1.807, 2.05) is 11.0 Å². The standard InChI is InChI=1S/C18H22N2O/c19-13-14-8-10-20(11-9-14)18(21)12-17(16-6-7-16)15-4-2-1-3-5-15/h1-5,14,16-17H,6-12H2. The Morgan fingerprint density at radius 1 is 1.19 bits per heavy atom. The number of benzene rings is 1.